The Hall–Kier alpha value is -1.76. The Morgan fingerprint density at radius 2 is 1.44 bits per heavy atom. The molecule has 2 saturated carbocycles. The molecule has 130 valence electrons. The van der Waals surface area contributed by atoms with Crippen molar-refractivity contribution in [3.63, 3.8) is 0 Å². The van der Waals surface area contributed by atoms with Gasteiger partial charge in [0, 0.05) is 16.9 Å². The molecule has 0 bridgehead atoms. The summed E-state index contributed by atoms with van der Waals surface area (Å²) in [5, 5.41) is 0. The molecule has 2 atom stereocenters. The van der Waals surface area contributed by atoms with Gasteiger partial charge in [0.25, 0.3) is 0 Å². The molecular formula is C24H28O. The van der Waals surface area contributed by atoms with Gasteiger partial charge < -0.3 is 4.74 Å². The van der Waals surface area contributed by atoms with Crippen LogP contribution in [0.1, 0.15) is 68.9 Å². The molecule has 2 unspecified atom stereocenters. The van der Waals surface area contributed by atoms with Crippen LogP contribution in [0.25, 0.3) is 0 Å². The highest BCUT2D eigenvalue weighted by atomic mass is 16.5. The number of para-hydroxylation sites is 1. The number of hydrogen-bond acceptors (Lipinski definition) is 1. The third kappa shape index (κ3) is 2.21. The van der Waals surface area contributed by atoms with Gasteiger partial charge in [-0.25, -0.2) is 0 Å². The molecule has 2 aromatic carbocycles. The van der Waals surface area contributed by atoms with Crippen molar-refractivity contribution < 1.29 is 4.74 Å². The first kappa shape index (κ1) is 15.5. The van der Waals surface area contributed by atoms with Gasteiger partial charge in [0.1, 0.15) is 11.4 Å². The van der Waals surface area contributed by atoms with Crippen molar-refractivity contribution in [2.45, 2.75) is 68.8 Å². The summed E-state index contributed by atoms with van der Waals surface area (Å²) in [5.74, 6) is 1.78. The van der Waals surface area contributed by atoms with E-state index in [0.717, 1.165) is 12.2 Å². The number of hydrogen-bond donors (Lipinski definition) is 0. The molecule has 2 aliphatic carbocycles. The van der Waals surface area contributed by atoms with Crippen molar-refractivity contribution in [2.75, 3.05) is 0 Å². The van der Waals surface area contributed by atoms with Crippen molar-refractivity contribution in [1.82, 2.24) is 0 Å². The zero-order valence-electron chi connectivity index (χ0n) is 15.0. The van der Waals surface area contributed by atoms with Crippen LogP contribution < -0.4 is 4.74 Å². The molecule has 1 spiro atoms. The molecule has 1 heterocycles. The second-order valence-electron chi connectivity index (χ2n) is 8.37. The smallest absolute Gasteiger partial charge is 0.138 e. The maximum absolute atomic E-state index is 6.94. The second kappa shape index (κ2) is 5.90. The van der Waals surface area contributed by atoms with E-state index in [-0.39, 0.29) is 5.60 Å². The fraction of sp³-hybridized carbons (Fsp3) is 0.500. The first-order chi connectivity index (χ1) is 12.4. The normalized spacial score (nSPS) is 30.2. The topological polar surface area (TPSA) is 9.23 Å². The maximum Gasteiger partial charge on any atom is 0.138 e. The first-order valence-corrected chi connectivity index (χ1v) is 10.2. The van der Waals surface area contributed by atoms with Crippen molar-refractivity contribution in [2.24, 2.45) is 5.92 Å². The molecule has 25 heavy (non-hydrogen) atoms. The number of fused-ring (bicyclic) bond motifs is 4. The van der Waals surface area contributed by atoms with Crippen molar-refractivity contribution in [1.29, 1.82) is 0 Å². The monoisotopic (exact) mass is 332 g/mol. The van der Waals surface area contributed by atoms with E-state index in [9.17, 15) is 0 Å². The van der Waals surface area contributed by atoms with E-state index in [0.29, 0.717) is 11.3 Å². The summed E-state index contributed by atoms with van der Waals surface area (Å²) < 4.78 is 6.94. The quantitative estimate of drug-likeness (QED) is 0.590. The minimum Gasteiger partial charge on any atom is -0.482 e. The molecule has 2 fully saturated rings. The molecule has 1 aliphatic heterocycles. The highest BCUT2D eigenvalue weighted by Crippen LogP contribution is 2.62. The predicted octanol–water partition coefficient (Wildman–Crippen LogP) is 6.37. The molecule has 0 amide bonds. The van der Waals surface area contributed by atoms with Gasteiger partial charge in [-0.2, -0.15) is 0 Å². The Labute approximate surface area is 151 Å². The summed E-state index contributed by atoms with van der Waals surface area (Å²) >= 11 is 0. The summed E-state index contributed by atoms with van der Waals surface area (Å²) in [6, 6.07) is 20.1. The Bertz CT molecular complexity index is 744. The van der Waals surface area contributed by atoms with Gasteiger partial charge in [0.2, 0.25) is 0 Å². The number of rotatable bonds is 1. The van der Waals surface area contributed by atoms with Gasteiger partial charge in [-0.1, -0.05) is 74.2 Å². The lowest BCUT2D eigenvalue weighted by Gasteiger charge is -2.58. The average molecular weight is 332 g/mol. The Balaban J connectivity index is 1.74. The largest absolute Gasteiger partial charge is 0.482 e. The standard InChI is InChI=1S/C24H28O/c1-3-11-19(12-4-1)24-18-10-7-15-22(24)23(16-8-2-9-17-23)20-13-5-6-14-21(20)25-24/h1,3-6,11-14,22H,2,7-10,15-18H2. The lowest BCUT2D eigenvalue weighted by molar-refractivity contribution is -0.0949. The zero-order valence-corrected chi connectivity index (χ0v) is 15.0. The maximum atomic E-state index is 6.94. The van der Waals surface area contributed by atoms with Crippen LogP contribution in [0.4, 0.5) is 0 Å². The minimum atomic E-state index is -0.120. The molecule has 1 nitrogen and oxygen atoms in total. The van der Waals surface area contributed by atoms with Gasteiger partial charge in [-0.3, -0.25) is 0 Å². The van der Waals surface area contributed by atoms with Crippen molar-refractivity contribution >= 4 is 0 Å². The van der Waals surface area contributed by atoms with Crippen molar-refractivity contribution in [3.05, 3.63) is 65.7 Å². The van der Waals surface area contributed by atoms with Crippen LogP contribution in [0.2, 0.25) is 0 Å². The summed E-state index contributed by atoms with van der Waals surface area (Å²) in [5.41, 5.74) is 3.11. The van der Waals surface area contributed by atoms with E-state index in [1.54, 1.807) is 0 Å². The third-order valence-electron chi connectivity index (χ3n) is 7.24. The summed E-state index contributed by atoms with van der Waals surface area (Å²) in [6.07, 6.45) is 11.9. The molecular weight excluding hydrogens is 304 g/mol. The van der Waals surface area contributed by atoms with Gasteiger partial charge >= 0.3 is 0 Å². The Morgan fingerprint density at radius 1 is 0.720 bits per heavy atom. The zero-order chi connectivity index (χ0) is 16.7. The van der Waals surface area contributed by atoms with Crippen LogP contribution in [-0.4, -0.2) is 0 Å². The second-order valence-corrected chi connectivity index (χ2v) is 8.37. The van der Waals surface area contributed by atoms with Crippen LogP contribution in [-0.2, 0) is 11.0 Å². The molecule has 0 aromatic heterocycles. The van der Waals surface area contributed by atoms with E-state index >= 15 is 0 Å². The van der Waals surface area contributed by atoms with Gasteiger partial charge in [0.05, 0.1) is 0 Å². The number of ether oxygens (including phenoxy) is 1. The highest BCUT2D eigenvalue weighted by Gasteiger charge is 2.58. The van der Waals surface area contributed by atoms with Gasteiger partial charge in [-0.05, 0) is 43.7 Å². The summed E-state index contributed by atoms with van der Waals surface area (Å²) in [7, 11) is 0. The van der Waals surface area contributed by atoms with E-state index < -0.39 is 0 Å². The van der Waals surface area contributed by atoms with Crippen LogP contribution in [0.15, 0.2) is 54.6 Å². The average Bonchev–Trinajstić information content (AvgIpc) is 2.70. The van der Waals surface area contributed by atoms with Crippen LogP contribution in [0.5, 0.6) is 5.75 Å². The molecule has 0 N–H and O–H groups in total. The molecule has 0 saturated heterocycles. The summed E-state index contributed by atoms with van der Waals surface area (Å²) in [4.78, 5) is 0. The van der Waals surface area contributed by atoms with Crippen LogP contribution >= 0.6 is 0 Å². The fourth-order valence-electron chi connectivity index (χ4n) is 6.26. The lowest BCUT2D eigenvalue weighted by atomic mass is 9.51. The van der Waals surface area contributed by atoms with E-state index in [1.165, 1.54) is 62.5 Å². The number of benzene rings is 2. The Kier molecular flexibility index (Phi) is 3.66. The predicted molar refractivity (Wildman–Crippen MR) is 102 cm³/mol. The molecule has 3 aliphatic rings. The molecule has 2 aromatic rings. The van der Waals surface area contributed by atoms with Gasteiger partial charge in [0.15, 0.2) is 0 Å². The Morgan fingerprint density at radius 3 is 2.28 bits per heavy atom. The SMILES string of the molecule is c1ccc(C23CCCCC2C2(CCCCC2)c2ccccc2O3)cc1. The molecule has 5 rings (SSSR count). The first-order valence-electron chi connectivity index (χ1n) is 10.2. The molecule has 1 heteroatoms. The van der Waals surface area contributed by atoms with Gasteiger partial charge in [-0.15, -0.1) is 0 Å². The van der Waals surface area contributed by atoms with E-state index in [4.69, 9.17) is 4.74 Å². The fourth-order valence-corrected chi connectivity index (χ4v) is 6.26. The van der Waals surface area contributed by atoms with Crippen LogP contribution in [0.3, 0.4) is 0 Å². The third-order valence-corrected chi connectivity index (χ3v) is 7.24. The van der Waals surface area contributed by atoms with E-state index in [2.05, 4.69) is 54.6 Å². The molecule has 0 radical (unpaired) electrons. The summed E-state index contributed by atoms with van der Waals surface area (Å²) in [6.45, 7) is 0. The van der Waals surface area contributed by atoms with E-state index in [1.807, 2.05) is 0 Å². The van der Waals surface area contributed by atoms with Crippen molar-refractivity contribution in [3.8, 4) is 5.75 Å². The highest BCUT2D eigenvalue weighted by molar-refractivity contribution is 5.46. The lowest BCUT2D eigenvalue weighted by Crippen LogP contribution is -2.57. The van der Waals surface area contributed by atoms with Crippen LogP contribution in [0, 0.1) is 5.92 Å². The minimum absolute atomic E-state index is 0.120.